The molecule has 3 N–H and O–H groups in total. The van der Waals surface area contributed by atoms with Gasteiger partial charge in [0.15, 0.2) is 0 Å². The Balaban J connectivity index is 2.24. The van der Waals surface area contributed by atoms with E-state index in [1.165, 1.54) is 5.56 Å². The maximum atomic E-state index is 5.75. The van der Waals surface area contributed by atoms with Crippen molar-refractivity contribution in [2.75, 3.05) is 0 Å². The fraction of sp³-hybridized carbons (Fsp3) is 0.308. The number of nitrogens with zero attached hydrogens (tertiary/aromatic N) is 1. The zero-order chi connectivity index (χ0) is 11.5. The van der Waals surface area contributed by atoms with Gasteiger partial charge in [0.25, 0.3) is 0 Å². The van der Waals surface area contributed by atoms with E-state index in [-0.39, 0.29) is 6.04 Å². The van der Waals surface area contributed by atoms with Gasteiger partial charge in [-0.3, -0.25) is 5.10 Å². The molecule has 0 amide bonds. The second kappa shape index (κ2) is 4.49. The average molecular weight is 215 g/mol. The normalized spacial score (nSPS) is 12.7. The average Bonchev–Trinajstić information content (AvgIpc) is 2.65. The molecule has 1 aromatic heterocycles. The lowest BCUT2D eigenvalue weighted by Crippen LogP contribution is -2.17. The van der Waals surface area contributed by atoms with Gasteiger partial charge >= 0.3 is 0 Å². The molecule has 0 bridgehead atoms. The summed E-state index contributed by atoms with van der Waals surface area (Å²) >= 11 is 0. The van der Waals surface area contributed by atoms with Crippen LogP contribution in [0.4, 0.5) is 0 Å². The van der Waals surface area contributed by atoms with E-state index in [9.17, 15) is 0 Å². The topological polar surface area (TPSA) is 54.7 Å². The molecule has 84 valence electrons. The molecule has 0 aliphatic carbocycles. The molecule has 1 unspecified atom stereocenters. The maximum absolute atomic E-state index is 5.75. The van der Waals surface area contributed by atoms with E-state index < -0.39 is 0 Å². The van der Waals surface area contributed by atoms with Crippen LogP contribution in [0.25, 0.3) is 11.3 Å². The van der Waals surface area contributed by atoms with E-state index in [1.807, 2.05) is 13.0 Å². The van der Waals surface area contributed by atoms with Gasteiger partial charge in [-0.1, -0.05) is 23.8 Å². The number of hydrogen-bond donors (Lipinski definition) is 2. The number of H-pyrrole nitrogens is 1. The van der Waals surface area contributed by atoms with Crippen molar-refractivity contribution >= 4 is 0 Å². The lowest BCUT2D eigenvalue weighted by Gasteiger charge is -2.00. The Bertz CT molecular complexity index is 472. The van der Waals surface area contributed by atoms with Crippen LogP contribution >= 0.6 is 0 Å². The molecule has 2 aromatic rings. The fourth-order valence-electron chi connectivity index (χ4n) is 1.77. The smallest absolute Gasteiger partial charge is 0.0923 e. The van der Waals surface area contributed by atoms with Crippen LogP contribution < -0.4 is 5.73 Å². The molecule has 16 heavy (non-hydrogen) atoms. The van der Waals surface area contributed by atoms with Crippen molar-refractivity contribution in [1.82, 2.24) is 10.2 Å². The van der Waals surface area contributed by atoms with Crippen molar-refractivity contribution in [2.24, 2.45) is 5.73 Å². The molecule has 0 spiro atoms. The molecule has 0 fully saturated rings. The van der Waals surface area contributed by atoms with Gasteiger partial charge < -0.3 is 5.73 Å². The van der Waals surface area contributed by atoms with E-state index in [2.05, 4.69) is 41.4 Å². The summed E-state index contributed by atoms with van der Waals surface area (Å²) in [6, 6.07) is 10.6. The van der Waals surface area contributed by atoms with Gasteiger partial charge in [0.2, 0.25) is 0 Å². The first-order valence-corrected chi connectivity index (χ1v) is 5.52. The van der Waals surface area contributed by atoms with Crippen molar-refractivity contribution in [3.8, 4) is 11.3 Å². The molecule has 1 heterocycles. The molecular weight excluding hydrogens is 198 g/mol. The number of nitrogens with one attached hydrogen (secondary N) is 1. The van der Waals surface area contributed by atoms with Crippen LogP contribution in [-0.4, -0.2) is 16.2 Å². The molecule has 0 saturated heterocycles. The minimum absolute atomic E-state index is 0.158. The van der Waals surface area contributed by atoms with Crippen LogP contribution in [0, 0.1) is 6.92 Å². The first kappa shape index (κ1) is 10.9. The summed E-state index contributed by atoms with van der Waals surface area (Å²) in [5.74, 6) is 0. The van der Waals surface area contributed by atoms with Crippen LogP contribution in [-0.2, 0) is 6.42 Å². The number of benzene rings is 1. The van der Waals surface area contributed by atoms with Gasteiger partial charge in [0.05, 0.1) is 5.69 Å². The van der Waals surface area contributed by atoms with Crippen molar-refractivity contribution < 1.29 is 0 Å². The molecule has 0 aliphatic heterocycles. The summed E-state index contributed by atoms with van der Waals surface area (Å²) in [6.45, 7) is 4.08. The minimum Gasteiger partial charge on any atom is -0.328 e. The van der Waals surface area contributed by atoms with Gasteiger partial charge in [-0.05, 0) is 26.0 Å². The second-order valence-corrected chi connectivity index (χ2v) is 4.33. The number of nitrogens with two attached hydrogens (primary N) is 1. The minimum atomic E-state index is 0.158. The number of aromatic nitrogens is 2. The summed E-state index contributed by atoms with van der Waals surface area (Å²) < 4.78 is 0. The molecule has 2 rings (SSSR count). The molecule has 0 radical (unpaired) electrons. The van der Waals surface area contributed by atoms with E-state index in [4.69, 9.17) is 5.73 Å². The number of rotatable bonds is 3. The zero-order valence-corrected chi connectivity index (χ0v) is 9.70. The van der Waals surface area contributed by atoms with E-state index in [0.29, 0.717) is 0 Å². The van der Waals surface area contributed by atoms with Crippen molar-refractivity contribution in [3.05, 3.63) is 41.6 Å². The Hall–Kier alpha value is -1.61. The Morgan fingerprint density at radius 1 is 1.38 bits per heavy atom. The van der Waals surface area contributed by atoms with Gasteiger partial charge in [0, 0.05) is 23.7 Å². The van der Waals surface area contributed by atoms with Gasteiger partial charge in [-0.15, -0.1) is 0 Å². The summed E-state index contributed by atoms with van der Waals surface area (Å²) in [5.41, 5.74) is 10.2. The Kier molecular flexibility index (Phi) is 3.06. The predicted octanol–water partition coefficient (Wildman–Crippen LogP) is 2.27. The molecule has 0 aliphatic rings. The fourth-order valence-corrected chi connectivity index (χ4v) is 1.77. The van der Waals surface area contributed by atoms with E-state index in [1.54, 1.807) is 0 Å². The molecular formula is C13H17N3. The summed E-state index contributed by atoms with van der Waals surface area (Å²) in [6.07, 6.45) is 0.832. The number of hydrogen-bond acceptors (Lipinski definition) is 2. The van der Waals surface area contributed by atoms with Crippen molar-refractivity contribution in [2.45, 2.75) is 26.3 Å². The summed E-state index contributed by atoms with van der Waals surface area (Å²) in [4.78, 5) is 0. The predicted molar refractivity (Wildman–Crippen MR) is 66.1 cm³/mol. The van der Waals surface area contributed by atoms with Crippen LogP contribution in [0.5, 0.6) is 0 Å². The molecule has 1 aromatic carbocycles. The monoisotopic (exact) mass is 215 g/mol. The number of aryl methyl sites for hydroxylation is 1. The van der Waals surface area contributed by atoms with Crippen molar-refractivity contribution in [3.63, 3.8) is 0 Å². The highest BCUT2D eigenvalue weighted by molar-refractivity contribution is 5.60. The van der Waals surface area contributed by atoms with Crippen LogP contribution in [0.15, 0.2) is 30.3 Å². The van der Waals surface area contributed by atoms with Crippen molar-refractivity contribution in [1.29, 1.82) is 0 Å². The second-order valence-electron chi connectivity index (χ2n) is 4.33. The Labute approximate surface area is 95.7 Å². The highest BCUT2D eigenvalue weighted by Gasteiger charge is 2.05. The van der Waals surface area contributed by atoms with E-state index >= 15 is 0 Å². The third kappa shape index (κ3) is 2.49. The van der Waals surface area contributed by atoms with Crippen LogP contribution in [0.1, 0.15) is 18.2 Å². The zero-order valence-electron chi connectivity index (χ0n) is 9.70. The maximum Gasteiger partial charge on any atom is 0.0923 e. The van der Waals surface area contributed by atoms with E-state index in [0.717, 1.165) is 23.4 Å². The molecule has 0 saturated carbocycles. The molecule has 1 atom stereocenters. The highest BCUT2D eigenvalue weighted by Crippen LogP contribution is 2.19. The van der Waals surface area contributed by atoms with Crippen LogP contribution in [0.3, 0.4) is 0 Å². The van der Waals surface area contributed by atoms with Crippen LogP contribution in [0.2, 0.25) is 0 Å². The Morgan fingerprint density at radius 3 is 2.88 bits per heavy atom. The lowest BCUT2D eigenvalue weighted by molar-refractivity contribution is 0.719. The third-order valence-electron chi connectivity index (χ3n) is 2.49. The standard InChI is InChI=1S/C13H17N3/c1-9-4-3-5-11(6-9)13-8-12(15-16-13)7-10(2)14/h3-6,8,10H,7,14H2,1-2H3,(H,15,16). The molecule has 3 heteroatoms. The van der Waals surface area contributed by atoms with Gasteiger partial charge in [-0.25, -0.2) is 0 Å². The Morgan fingerprint density at radius 2 is 2.19 bits per heavy atom. The first-order chi connectivity index (χ1) is 7.65. The van der Waals surface area contributed by atoms with Gasteiger partial charge in [-0.2, -0.15) is 5.10 Å². The highest BCUT2D eigenvalue weighted by atomic mass is 15.1. The SMILES string of the molecule is Cc1cccc(-c2cc(CC(C)N)[nH]n2)c1. The summed E-state index contributed by atoms with van der Waals surface area (Å²) in [7, 11) is 0. The van der Waals surface area contributed by atoms with Gasteiger partial charge in [0.1, 0.15) is 0 Å². The quantitative estimate of drug-likeness (QED) is 0.825. The molecule has 3 nitrogen and oxygen atoms in total. The number of aromatic amines is 1. The first-order valence-electron chi connectivity index (χ1n) is 5.52. The largest absolute Gasteiger partial charge is 0.328 e. The summed E-state index contributed by atoms with van der Waals surface area (Å²) in [5, 5.41) is 7.33. The lowest BCUT2D eigenvalue weighted by atomic mass is 10.1. The third-order valence-corrected chi connectivity index (χ3v) is 2.49.